The fourth-order valence-electron chi connectivity index (χ4n) is 1.23. The van der Waals surface area contributed by atoms with Crippen molar-refractivity contribution in [2.24, 2.45) is 0 Å². The molecule has 0 radical (unpaired) electrons. The highest BCUT2D eigenvalue weighted by Crippen LogP contribution is 2.03. The minimum Gasteiger partial charge on any atom is -0.381 e. The summed E-state index contributed by atoms with van der Waals surface area (Å²) in [6, 6.07) is 0. The zero-order valence-electron chi connectivity index (χ0n) is 9.22. The van der Waals surface area contributed by atoms with Crippen molar-refractivity contribution in [3.8, 4) is 0 Å². The van der Waals surface area contributed by atoms with E-state index >= 15 is 0 Å². The van der Waals surface area contributed by atoms with Gasteiger partial charge in [-0.3, -0.25) is 0 Å². The maximum Gasteiger partial charge on any atom is 0.0466 e. The van der Waals surface area contributed by atoms with Gasteiger partial charge in [0, 0.05) is 13.2 Å². The van der Waals surface area contributed by atoms with E-state index in [9.17, 15) is 0 Å². The summed E-state index contributed by atoms with van der Waals surface area (Å²) >= 11 is 0. The molecule has 0 saturated heterocycles. The molecule has 78 valence electrons. The zero-order chi connectivity index (χ0) is 9.78. The molecule has 0 amide bonds. The van der Waals surface area contributed by atoms with Gasteiger partial charge in [-0.2, -0.15) is 0 Å². The average molecular weight is 184 g/mol. The Morgan fingerprint density at radius 3 is 2.46 bits per heavy atom. The van der Waals surface area contributed by atoms with Crippen LogP contribution in [0.1, 0.15) is 52.4 Å². The van der Waals surface area contributed by atoms with Crippen LogP contribution in [0.3, 0.4) is 0 Å². The molecule has 1 heteroatoms. The molecule has 0 atom stereocenters. The second kappa shape index (κ2) is 11.7. The summed E-state index contributed by atoms with van der Waals surface area (Å²) in [4.78, 5) is 0. The molecule has 0 rings (SSSR count). The number of ether oxygens (including phenoxy) is 1. The van der Waals surface area contributed by atoms with Crippen LogP contribution in [0.25, 0.3) is 0 Å². The molecule has 0 aliphatic rings. The predicted molar refractivity (Wildman–Crippen MR) is 59.0 cm³/mol. The molecule has 0 N–H and O–H groups in total. The van der Waals surface area contributed by atoms with Crippen molar-refractivity contribution in [1.82, 2.24) is 0 Å². The Bertz CT molecular complexity index is 108. The van der Waals surface area contributed by atoms with Crippen LogP contribution >= 0.6 is 0 Å². The van der Waals surface area contributed by atoms with Crippen molar-refractivity contribution in [1.29, 1.82) is 0 Å². The van der Waals surface area contributed by atoms with E-state index in [4.69, 9.17) is 4.74 Å². The van der Waals surface area contributed by atoms with E-state index in [0.29, 0.717) is 0 Å². The summed E-state index contributed by atoms with van der Waals surface area (Å²) < 4.78 is 5.40. The lowest BCUT2D eigenvalue weighted by molar-refractivity contribution is 0.130. The number of rotatable bonds is 9. The topological polar surface area (TPSA) is 9.23 Å². The molecule has 0 spiro atoms. The first kappa shape index (κ1) is 12.7. The Kier molecular flexibility index (Phi) is 11.4. The van der Waals surface area contributed by atoms with Gasteiger partial charge in [0.1, 0.15) is 0 Å². The Balaban J connectivity index is 2.83. The summed E-state index contributed by atoms with van der Waals surface area (Å²) in [5, 5.41) is 0. The maximum atomic E-state index is 5.40. The molecule has 0 bridgehead atoms. The van der Waals surface area contributed by atoms with Gasteiger partial charge in [0.15, 0.2) is 0 Å². The second-order valence-corrected chi connectivity index (χ2v) is 3.38. The summed E-state index contributed by atoms with van der Waals surface area (Å²) in [6.07, 6.45) is 12.0. The highest BCUT2D eigenvalue weighted by molar-refractivity contribution is 4.76. The smallest absolute Gasteiger partial charge is 0.0466 e. The molecule has 0 fully saturated rings. The summed E-state index contributed by atoms with van der Waals surface area (Å²) in [6.45, 7) is 6.12. The lowest BCUT2D eigenvalue weighted by atomic mass is 10.1. The first-order valence-corrected chi connectivity index (χ1v) is 5.60. The number of hydrogen-bond donors (Lipinski definition) is 0. The van der Waals surface area contributed by atoms with Gasteiger partial charge in [0.2, 0.25) is 0 Å². The zero-order valence-corrected chi connectivity index (χ0v) is 9.22. The van der Waals surface area contributed by atoms with Gasteiger partial charge in [-0.25, -0.2) is 0 Å². The van der Waals surface area contributed by atoms with E-state index in [-0.39, 0.29) is 0 Å². The number of hydrogen-bond acceptors (Lipinski definition) is 1. The number of unbranched alkanes of at least 4 members (excludes halogenated alkanes) is 4. The molecule has 0 saturated carbocycles. The fourth-order valence-corrected chi connectivity index (χ4v) is 1.23. The Morgan fingerprint density at radius 2 is 1.77 bits per heavy atom. The van der Waals surface area contributed by atoms with Crippen LogP contribution in [0.4, 0.5) is 0 Å². The highest BCUT2D eigenvalue weighted by Gasteiger charge is 1.89. The number of allylic oxidation sites excluding steroid dienone is 2. The molecule has 1 nitrogen and oxygen atoms in total. The Hall–Kier alpha value is -0.300. The van der Waals surface area contributed by atoms with Crippen LogP contribution in [0.2, 0.25) is 0 Å². The van der Waals surface area contributed by atoms with Crippen LogP contribution < -0.4 is 0 Å². The van der Waals surface area contributed by atoms with E-state index in [2.05, 4.69) is 26.0 Å². The van der Waals surface area contributed by atoms with Crippen LogP contribution in [-0.2, 0) is 4.74 Å². The van der Waals surface area contributed by atoms with Crippen molar-refractivity contribution in [2.75, 3.05) is 13.2 Å². The summed E-state index contributed by atoms with van der Waals surface area (Å²) in [7, 11) is 0. The minimum absolute atomic E-state index is 0.929. The lowest BCUT2D eigenvalue weighted by Gasteiger charge is -2.01. The monoisotopic (exact) mass is 184 g/mol. The van der Waals surface area contributed by atoms with Crippen LogP contribution in [0.5, 0.6) is 0 Å². The third-order valence-electron chi connectivity index (χ3n) is 1.99. The van der Waals surface area contributed by atoms with E-state index in [1.54, 1.807) is 0 Å². The fraction of sp³-hybridized carbons (Fsp3) is 0.833. The second-order valence-electron chi connectivity index (χ2n) is 3.38. The molecular formula is C12H24O. The predicted octanol–water partition coefficient (Wildman–Crippen LogP) is 3.94. The first-order chi connectivity index (χ1) is 6.41. The van der Waals surface area contributed by atoms with Crippen LogP contribution in [-0.4, -0.2) is 13.2 Å². The van der Waals surface area contributed by atoms with Gasteiger partial charge < -0.3 is 4.74 Å². The van der Waals surface area contributed by atoms with Gasteiger partial charge in [0.05, 0.1) is 0 Å². The normalized spacial score (nSPS) is 11.2. The molecule has 0 aromatic rings. The average Bonchev–Trinajstić information content (AvgIpc) is 2.16. The van der Waals surface area contributed by atoms with Gasteiger partial charge in [-0.05, 0) is 32.6 Å². The van der Waals surface area contributed by atoms with Gasteiger partial charge >= 0.3 is 0 Å². The summed E-state index contributed by atoms with van der Waals surface area (Å²) in [5.74, 6) is 0. The Morgan fingerprint density at radius 1 is 1.00 bits per heavy atom. The van der Waals surface area contributed by atoms with Crippen molar-refractivity contribution in [3.63, 3.8) is 0 Å². The molecule has 0 aromatic carbocycles. The SMILES string of the molecule is CC=CCCCCCCOCCC. The van der Waals surface area contributed by atoms with Crippen molar-refractivity contribution in [2.45, 2.75) is 52.4 Å². The molecule has 0 unspecified atom stereocenters. The third kappa shape index (κ3) is 11.7. The first-order valence-electron chi connectivity index (χ1n) is 5.60. The van der Waals surface area contributed by atoms with Crippen molar-refractivity contribution in [3.05, 3.63) is 12.2 Å². The van der Waals surface area contributed by atoms with Crippen LogP contribution in [0, 0.1) is 0 Å². The third-order valence-corrected chi connectivity index (χ3v) is 1.99. The van der Waals surface area contributed by atoms with Crippen LogP contribution in [0.15, 0.2) is 12.2 Å². The highest BCUT2D eigenvalue weighted by atomic mass is 16.5. The largest absolute Gasteiger partial charge is 0.381 e. The standard InChI is InChI=1S/C12H24O/c1-3-5-6-7-8-9-10-12-13-11-4-2/h3,5H,4,6-12H2,1-2H3. The van der Waals surface area contributed by atoms with E-state index in [1.165, 1.54) is 32.1 Å². The lowest BCUT2D eigenvalue weighted by Crippen LogP contribution is -1.95. The van der Waals surface area contributed by atoms with Gasteiger partial charge in [-0.1, -0.05) is 31.9 Å². The Labute approximate surface area is 83.2 Å². The van der Waals surface area contributed by atoms with Crippen molar-refractivity contribution >= 4 is 0 Å². The molecule has 0 aromatic heterocycles. The molecule has 13 heavy (non-hydrogen) atoms. The van der Waals surface area contributed by atoms with Gasteiger partial charge in [0.25, 0.3) is 0 Å². The van der Waals surface area contributed by atoms with E-state index < -0.39 is 0 Å². The molecule has 0 heterocycles. The summed E-state index contributed by atoms with van der Waals surface area (Å²) in [5.41, 5.74) is 0. The molecule has 0 aliphatic carbocycles. The van der Waals surface area contributed by atoms with Gasteiger partial charge in [-0.15, -0.1) is 0 Å². The quantitative estimate of drug-likeness (QED) is 0.389. The molecular weight excluding hydrogens is 160 g/mol. The maximum absolute atomic E-state index is 5.40. The van der Waals surface area contributed by atoms with E-state index in [1.807, 2.05) is 0 Å². The minimum atomic E-state index is 0.929. The van der Waals surface area contributed by atoms with Crippen molar-refractivity contribution < 1.29 is 4.74 Å². The van der Waals surface area contributed by atoms with E-state index in [0.717, 1.165) is 19.6 Å². The molecule has 0 aliphatic heterocycles.